The van der Waals surface area contributed by atoms with Gasteiger partial charge in [0.15, 0.2) is 0 Å². The Morgan fingerprint density at radius 3 is 2.76 bits per heavy atom. The summed E-state index contributed by atoms with van der Waals surface area (Å²) in [5.74, 6) is 0.983. The fourth-order valence-electron chi connectivity index (χ4n) is 3.36. The first kappa shape index (κ1) is 10.9. The molecule has 0 bridgehead atoms. The van der Waals surface area contributed by atoms with Crippen molar-refractivity contribution in [3.63, 3.8) is 0 Å². The van der Waals surface area contributed by atoms with Crippen LogP contribution in [0.15, 0.2) is 18.2 Å². The first-order chi connectivity index (χ1) is 8.25. The molecule has 3 nitrogen and oxygen atoms in total. The van der Waals surface area contributed by atoms with Gasteiger partial charge in [0.2, 0.25) is 0 Å². The Balaban J connectivity index is 2.06. The number of benzene rings is 1. The number of likely N-dealkylation sites (N-methyl/N-ethyl adjacent to an activating group) is 1. The van der Waals surface area contributed by atoms with Gasteiger partial charge in [0.1, 0.15) is 5.75 Å². The van der Waals surface area contributed by atoms with Crippen molar-refractivity contribution in [1.82, 2.24) is 5.32 Å². The van der Waals surface area contributed by atoms with Crippen molar-refractivity contribution in [2.75, 3.05) is 38.7 Å². The molecule has 0 aromatic heterocycles. The zero-order valence-corrected chi connectivity index (χ0v) is 10.6. The van der Waals surface area contributed by atoms with Gasteiger partial charge in [-0.05, 0) is 49.7 Å². The van der Waals surface area contributed by atoms with Crippen molar-refractivity contribution in [3.8, 4) is 5.75 Å². The summed E-state index contributed by atoms with van der Waals surface area (Å²) in [7, 11) is 3.94. The monoisotopic (exact) mass is 232 g/mol. The van der Waals surface area contributed by atoms with Crippen LogP contribution in [0.3, 0.4) is 0 Å². The number of nitrogens with one attached hydrogen (secondary N) is 1. The molecule has 0 saturated carbocycles. The Morgan fingerprint density at radius 1 is 1.29 bits per heavy atom. The fourth-order valence-corrected chi connectivity index (χ4v) is 3.36. The summed E-state index contributed by atoms with van der Waals surface area (Å²) in [5.41, 5.74) is 3.22. The number of hydrogen-bond acceptors (Lipinski definition) is 3. The minimum Gasteiger partial charge on any atom is -0.497 e. The molecule has 3 rings (SSSR count). The third-order valence-corrected chi connectivity index (χ3v) is 4.29. The number of fused-ring (bicyclic) bond motifs is 2. The number of nitrogens with zero attached hydrogens (tertiary/aromatic N) is 1. The second kappa shape index (κ2) is 3.91. The molecule has 1 aromatic carbocycles. The van der Waals surface area contributed by atoms with Crippen molar-refractivity contribution >= 4 is 5.69 Å². The van der Waals surface area contributed by atoms with E-state index in [-0.39, 0.29) is 0 Å². The van der Waals surface area contributed by atoms with Gasteiger partial charge in [-0.15, -0.1) is 0 Å². The number of rotatable bonds is 1. The molecule has 1 aromatic rings. The molecule has 0 aliphatic carbocycles. The SMILES string of the molecule is COc1ccc2c(c1)C1(CCNCC1)CN2C. The molecule has 1 N–H and O–H groups in total. The molecular weight excluding hydrogens is 212 g/mol. The van der Waals surface area contributed by atoms with Gasteiger partial charge in [-0.3, -0.25) is 0 Å². The first-order valence-electron chi connectivity index (χ1n) is 6.36. The van der Waals surface area contributed by atoms with Crippen LogP contribution in [-0.2, 0) is 5.41 Å². The standard InChI is InChI=1S/C14H20N2O/c1-16-10-14(5-7-15-8-6-14)12-9-11(17-2)3-4-13(12)16/h3-4,9,15H,5-8,10H2,1-2H3. The van der Waals surface area contributed by atoms with Gasteiger partial charge >= 0.3 is 0 Å². The van der Waals surface area contributed by atoms with Crippen LogP contribution < -0.4 is 15.0 Å². The zero-order chi connectivity index (χ0) is 11.9. The fraction of sp³-hybridized carbons (Fsp3) is 0.571. The number of hydrogen-bond donors (Lipinski definition) is 1. The molecule has 3 heteroatoms. The lowest BCUT2D eigenvalue weighted by Gasteiger charge is -2.34. The van der Waals surface area contributed by atoms with Gasteiger partial charge in [-0.2, -0.15) is 0 Å². The zero-order valence-electron chi connectivity index (χ0n) is 10.6. The van der Waals surface area contributed by atoms with Crippen molar-refractivity contribution in [2.45, 2.75) is 18.3 Å². The number of anilines is 1. The van der Waals surface area contributed by atoms with Crippen molar-refractivity contribution in [3.05, 3.63) is 23.8 Å². The number of piperidine rings is 1. The third-order valence-electron chi connectivity index (χ3n) is 4.29. The minimum absolute atomic E-state index is 0.351. The topological polar surface area (TPSA) is 24.5 Å². The maximum Gasteiger partial charge on any atom is 0.119 e. The normalized spacial score (nSPS) is 21.6. The van der Waals surface area contributed by atoms with Crippen LogP contribution in [0.2, 0.25) is 0 Å². The summed E-state index contributed by atoms with van der Waals surface area (Å²) in [6.07, 6.45) is 2.47. The van der Waals surface area contributed by atoms with E-state index >= 15 is 0 Å². The van der Waals surface area contributed by atoms with Crippen LogP contribution in [-0.4, -0.2) is 33.8 Å². The molecular formula is C14H20N2O. The summed E-state index contributed by atoms with van der Waals surface area (Å²) in [6, 6.07) is 6.50. The van der Waals surface area contributed by atoms with E-state index in [9.17, 15) is 0 Å². The summed E-state index contributed by atoms with van der Waals surface area (Å²) in [4.78, 5) is 2.39. The largest absolute Gasteiger partial charge is 0.497 e. The van der Waals surface area contributed by atoms with Crippen LogP contribution in [0, 0.1) is 0 Å². The molecule has 1 saturated heterocycles. The Hall–Kier alpha value is -1.22. The molecule has 1 spiro atoms. The van der Waals surface area contributed by atoms with Crippen molar-refractivity contribution in [2.24, 2.45) is 0 Å². The van der Waals surface area contributed by atoms with E-state index in [0.717, 1.165) is 25.4 Å². The van der Waals surface area contributed by atoms with Crippen LogP contribution in [0.25, 0.3) is 0 Å². The molecule has 0 unspecified atom stereocenters. The maximum atomic E-state index is 5.37. The predicted octanol–water partition coefficient (Wildman–Crippen LogP) is 1.77. The average molecular weight is 232 g/mol. The number of ether oxygens (including phenoxy) is 1. The maximum absolute atomic E-state index is 5.37. The number of methoxy groups -OCH3 is 1. The summed E-state index contributed by atoms with van der Waals surface area (Å²) < 4.78 is 5.37. The van der Waals surface area contributed by atoms with Gasteiger partial charge < -0.3 is 15.0 Å². The molecule has 0 amide bonds. The summed E-state index contributed by atoms with van der Waals surface area (Å²) in [6.45, 7) is 3.41. The smallest absolute Gasteiger partial charge is 0.119 e. The molecule has 0 radical (unpaired) electrons. The highest BCUT2D eigenvalue weighted by molar-refractivity contribution is 5.64. The van der Waals surface area contributed by atoms with Crippen molar-refractivity contribution < 1.29 is 4.74 Å². The lowest BCUT2D eigenvalue weighted by molar-refractivity contribution is 0.326. The molecule has 2 heterocycles. The summed E-state index contributed by atoms with van der Waals surface area (Å²) >= 11 is 0. The molecule has 92 valence electrons. The third kappa shape index (κ3) is 1.61. The molecule has 2 aliphatic rings. The highest BCUT2D eigenvalue weighted by Crippen LogP contribution is 2.46. The van der Waals surface area contributed by atoms with Gasteiger partial charge in [0.25, 0.3) is 0 Å². The average Bonchev–Trinajstić information content (AvgIpc) is 2.63. The Morgan fingerprint density at radius 2 is 2.06 bits per heavy atom. The highest BCUT2D eigenvalue weighted by atomic mass is 16.5. The van der Waals surface area contributed by atoms with E-state index < -0.39 is 0 Å². The second-order valence-electron chi connectivity index (χ2n) is 5.27. The van der Waals surface area contributed by atoms with E-state index in [1.807, 2.05) is 0 Å². The lowest BCUT2D eigenvalue weighted by atomic mass is 9.75. The van der Waals surface area contributed by atoms with E-state index in [1.54, 1.807) is 7.11 Å². The Kier molecular flexibility index (Phi) is 2.51. The Bertz CT molecular complexity index is 424. The Labute approximate surface area is 103 Å². The molecule has 2 aliphatic heterocycles. The lowest BCUT2D eigenvalue weighted by Crippen LogP contribution is -2.42. The van der Waals surface area contributed by atoms with Crippen molar-refractivity contribution in [1.29, 1.82) is 0 Å². The van der Waals surface area contributed by atoms with Gasteiger partial charge in [-0.1, -0.05) is 0 Å². The quantitative estimate of drug-likeness (QED) is 0.798. The van der Waals surface area contributed by atoms with E-state index in [4.69, 9.17) is 4.74 Å². The van der Waals surface area contributed by atoms with Crippen LogP contribution in [0.5, 0.6) is 5.75 Å². The van der Waals surface area contributed by atoms with Crippen LogP contribution in [0.1, 0.15) is 18.4 Å². The highest BCUT2D eigenvalue weighted by Gasteiger charge is 2.42. The molecule has 0 atom stereocenters. The second-order valence-corrected chi connectivity index (χ2v) is 5.27. The van der Waals surface area contributed by atoms with E-state index in [2.05, 4.69) is 35.5 Å². The first-order valence-corrected chi connectivity index (χ1v) is 6.36. The van der Waals surface area contributed by atoms with Gasteiger partial charge in [0, 0.05) is 24.7 Å². The predicted molar refractivity (Wildman–Crippen MR) is 70.0 cm³/mol. The molecule has 1 fully saturated rings. The van der Waals surface area contributed by atoms with E-state index in [1.165, 1.54) is 24.1 Å². The summed E-state index contributed by atoms with van der Waals surface area (Å²) in [5, 5.41) is 3.46. The minimum atomic E-state index is 0.351. The molecule has 17 heavy (non-hydrogen) atoms. The van der Waals surface area contributed by atoms with Gasteiger partial charge in [-0.25, -0.2) is 0 Å². The van der Waals surface area contributed by atoms with Crippen LogP contribution in [0.4, 0.5) is 5.69 Å². The van der Waals surface area contributed by atoms with E-state index in [0.29, 0.717) is 5.41 Å². The van der Waals surface area contributed by atoms with Crippen LogP contribution >= 0.6 is 0 Å². The van der Waals surface area contributed by atoms with Gasteiger partial charge in [0.05, 0.1) is 7.11 Å².